The van der Waals surface area contributed by atoms with Crippen molar-refractivity contribution in [2.24, 2.45) is 23.5 Å². The first-order valence-corrected chi connectivity index (χ1v) is 10.6. The number of rotatable bonds is 6. The van der Waals surface area contributed by atoms with Crippen molar-refractivity contribution >= 4 is 17.6 Å². The Balaban J connectivity index is 1.47. The van der Waals surface area contributed by atoms with Gasteiger partial charge in [-0.05, 0) is 75.7 Å². The van der Waals surface area contributed by atoms with Crippen LogP contribution in [0.25, 0.3) is 0 Å². The first kappa shape index (κ1) is 21.3. The minimum absolute atomic E-state index is 0.115. The summed E-state index contributed by atoms with van der Waals surface area (Å²) in [7, 11) is 0. The highest BCUT2D eigenvalue weighted by molar-refractivity contribution is 5.83. The Morgan fingerprint density at radius 1 is 1.00 bits per heavy atom. The molecule has 2 N–H and O–H groups in total. The molecule has 0 radical (unpaired) electrons. The molecule has 1 amide bonds. The van der Waals surface area contributed by atoms with E-state index in [9.17, 15) is 19.7 Å². The summed E-state index contributed by atoms with van der Waals surface area (Å²) < 4.78 is 5.09. The van der Waals surface area contributed by atoms with Crippen molar-refractivity contribution in [2.45, 2.75) is 70.3 Å². The molecular weight excluding hydrogens is 372 g/mol. The van der Waals surface area contributed by atoms with Gasteiger partial charge in [0, 0.05) is 24.0 Å². The SMILES string of the molecule is CC(OC(N)=O)C1CCC(C(=O)C2CCC(c3ccc([N+](=O)[O-])cc3)CC2)CC1. The number of carbonyl (C=O) groups is 2. The quantitative estimate of drug-likeness (QED) is 0.546. The number of non-ortho nitro benzene ring substituents is 1. The molecule has 3 rings (SSSR count). The van der Waals surface area contributed by atoms with Gasteiger partial charge in [-0.2, -0.15) is 0 Å². The second-order valence-corrected chi connectivity index (χ2v) is 8.55. The summed E-state index contributed by atoms with van der Waals surface area (Å²) in [6, 6.07) is 6.82. The molecule has 0 saturated heterocycles. The molecule has 0 aliphatic heterocycles. The maximum absolute atomic E-state index is 13.0. The molecule has 0 aromatic heterocycles. The van der Waals surface area contributed by atoms with Gasteiger partial charge in [-0.25, -0.2) is 4.79 Å². The number of amides is 1. The van der Waals surface area contributed by atoms with Crippen LogP contribution >= 0.6 is 0 Å². The van der Waals surface area contributed by atoms with Crippen molar-refractivity contribution in [3.05, 3.63) is 39.9 Å². The van der Waals surface area contributed by atoms with Crippen molar-refractivity contribution in [2.75, 3.05) is 0 Å². The zero-order valence-corrected chi connectivity index (χ0v) is 16.9. The van der Waals surface area contributed by atoms with Gasteiger partial charge in [0.25, 0.3) is 5.69 Å². The minimum Gasteiger partial charge on any atom is -0.446 e. The van der Waals surface area contributed by atoms with E-state index in [1.807, 2.05) is 19.1 Å². The number of hydrogen-bond acceptors (Lipinski definition) is 5. The van der Waals surface area contributed by atoms with E-state index in [0.29, 0.717) is 11.7 Å². The molecule has 0 bridgehead atoms. The number of nitro groups is 1. The van der Waals surface area contributed by atoms with Crippen molar-refractivity contribution in [1.29, 1.82) is 0 Å². The van der Waals surface area contributed by atoms with Gasteiger partial charge in [0.2, 0.25) is 0 Å². The van der Waals surface area contributed by atoms with Crippen molar-refractivity contribution in [1.82, 2.24) is 0 Å². The van der Waals surface area contributed by atoms with Crippen LogP contribution in [0.5, 0.6) is 0 Å². The van der Waals surface area contributed by atoms with E-state index in [4.69, 9.17) is 10.5 Å². The first-order chi connectivity index (χ1) is 13.8. The molecule has 158 valence electrons. The number of nitrogens with two attached hydrogens (primary N) is 1. The monoisotopic (exact) mass is 402 g/mol. The van der Waals surface area contributed by atoms with Gasteiger partial charge in [-0.15, -0.1) is 0 Å². The summed E-state index contributed by atoms with van der Waals surface area (Å²) in [4.78, 5) is 34.3. The van der Waals surface area contributed by atoms with Gasteiger partial charge < -0.3 is 10.5 Å². The normalized spacial score (nSPS) is 28.3. The van der Waals surface area contributed by atoms with Crippen LogP contribution < -0.4 is 5.73 Å². The van der Waals surface area contributed by atoms with E-state index in [1.165, 1.54) is 0 Å². The summed E-state index contributed by atoms with van der Waals surface area (Å²) in [6.07, 6.45) is 6.26. The molecule has 7 nitrogen and oxygen atoms in total. The summed E-state index contributed by atoms with van der Waals surface area (Å²) in [5.74, 6) is 1.30. The third kappa shape index (κ3) is 5.34. The van der Waals surface area contributed by atoms with Crippen LogP contribution in [0, 0.1) is 27.9 Å². The molecule has 0 heterocycles. The van der Waals surface area contributed by atoms with E-state index in [1.54, 1.807) is 12.1 Å². The maximum Gasteiger partial charge on any atom is 0.404 e. The highest BCUT2D eigenvalue weighted by Gasteiger charge is 2.35. The molecule has 2 aliphatic carbocycles. The smallest absolute Gasteiger partial charge is 0.404 e. The highest BCUT2D eigenvalue weighted by atomic mass is 16.6. The zero-order chi connectivity index (χ0) is 21.0. The molecule has 2 aliphatic rings. The molecule has 1 atom stereocenters. The fourth-order valence-corrected chi connectivity index (χ4v) is 5.07. The number of primary amides is 1. The Morgan fingerprint density at radius 3 is 2.00 bits per heavy atom. The number of nitro benzene ring substituents is 1. The zero-order valence-electron chi connectivity index (χ0n) is 16.9. The number of ketones is 1. The topological polar surface area (TPSA) is 113 Å². The van der Waals surface area contributed by atoms with Gasteiger partial charge in [-0.1, -0.05) is 12.1 Å². The molecule has 1 unspecified atom stereocenters. The Hall–Kier alpha value is -2.44. The lowest BCUT2D eigenvalue weighted by atomic mass is 9.71. The molecule has 7 heteroatoms. The first-order valence-electron chi connectivity index (χ1n) is 10.6. The van der Waals surface area contributed by atoms with Crippen LogP contribution in [-0.2, 0) is 9.53 Å². The summed E-state index contributed by atoms with van der Waals surface area (Å²) in [5.41, 5.74) is 6.35. The van der Waals surface area contributed by atoms with E-state index in [2.05, 4.69) is 0 Å². The second kappa shape index (κ2) is 9.37. The fraction of sp³-hybridized carbons (Fsp3) is 0.636. The van der Waals surface area contributed by atoms with Crippen LogP contribution in [0.4, 0.5) is 10.5 Å². The van der Waals surface area contributed by atoms with Gasteiger partial charge in [0.05, 0.1) is 4.92 Å². The average Bonchev–Trinajstić information content (AvgIpc) is 2.73. The van der Waals surface area contributed by atoms with Gasteiger partial charge in [-0.3, -0.25) is 14.9 Å². The molecule has 1 aromatic rings. The van der Waals surface area contributed by atoms with Crippen molar-refractivity contribution < 1.29 is 19.2 Å². The van der Waals surface area contributed by atoms with E-state index >= 15 is 0 Å². The third-order valence-electron chi connectivity index (χ3n) is 6.84. The Kier molecular flexibility index (Phi) is 6.87. The Bertz CT molecular complexity index is 732. The summed E-state index contributed by atoms with van der Waals surface area (Å²) >= 11 is 0. The van der Waals surface area contributed by atoms with Crippen molar-refractivity contribution in [3.8, 4) is 0 Å². The minimum atomic E-state index is -0.736. The highest BCUT2D eigenvalue weighted by Crippen LogP contribution is 2.40. The molecule has 29 heavy (non-hydrogen) atoms. The molecular formula is C22H30N2O5. The predicted octanol–water partition coefficient (Wildman–Crippen LogP) is 4.73. The van der Waals surface area contributed by atoms with Gasteiger partial charge >= 0.3 is 6.09 Å². The average molecular weight is 402 g/mol. The van der Waals surface area contributed by atoms with Crippen LogP contribution in [0.15, 0.2) is 24.3 Å². The van der Waals surface area contributed by atoms with Gasteiger partial charge in [0.1, 0.15) is 11.9 Å². The van der Waals surface area contributed by atoms with E-state index in [0.717, 1.165) is 56.9 Å². The number of nitrogens with zero attached hydrogens (tertiary/aromatic N) is 1. The number of carbonyl (C=O) groups excluding carboxylic acids is 2. The predicted molar refractivity (Wildman–Crippen MR) is 108 cm³/mol. The maximum atomic E-state index is 13.0. The lowest BCUT2D eigenvalue weighted by molar-refractivity contribution is -0.384. The van der Waals surface area contributed by atoms with Crippen molar-refractivity contribution in [3.63, 3.8) is 0 Å². The molecule has 1 aromatic carbocycles. The van der Waals surface area contributed by atoms with Crippen LogP contribution in [0.1, 0.15) is 69.8 Å². The van der Waals surface area contributed by atoms with E-state index < -0.39 is 6.09 Å². The Labute approximate surface area is 171 Å². The van der Waals surface area contributed by atoms with Crippen LogP contribution in [0.3, 0.4) is 0 Å². The molecule has 2 fully saturated rings. The van der Waals surface area contributed by atoms with E-state index in [-0.39, 0.29) is 34.5 Å². The van der Waals surface area contributed by atoms with Crippen LogP contribution in [-0.4, -0.2) is 22.9 Å². The summed E-state index contributed by atoms with van der Waals surface area (Å²) in [5, 5.41) is 10.8. The molecule has 0 spiro atoms. The lowest BCUT2D eigenvalue weighted by Crippen LogP contribution is -2.34. The van der Waals surface area contributed by atoms with Crippen LogP contribution in [0.2, 0.25) is 0 Å². The number of hydrogen-bond donors (Lipinski definition) is 1. The molecule has 2 saturated carbocycles. The summed E-state index contributed by atoms with van der Waals surface area (Å²) in [6.45, 7) is 1.87. The van der Waals surface area contributed by atoms with Gasteiger partial charge in [0.15, 0.2) is 0 Å². The largest absolute Gasteiger partial charge is 0.446 e. The second-order valence-electron chi connectivity index (χ2n) is 8.55. The lowest BCUT2D eigenvalue weighted by Gasteiger charge is -2.34. The number of benzene rings is 1. The number of ether oxygens (including phenoxy) is 1. The Morgan fingerprint density at radius 2 is 1.52 bits per heavy atom. The third-order valence-corrected chi connectivity index (χ3v) is 6.84. The fourth-order valence-electron chi connectivity index (χ4n) is 5.07. The number of Topliss-reactive ketones (excluding diaryl/α,β-unsaturated/α-hetero) is 1. The standard InChI is InChI=1S/C22H30N2O5/c1-14(29-22(23)26)15-2-6-18(7-3-15)21(25)19-8-4-16(5-9-19)17-10-12-20(13-11-17)24(27)28/h10-16,18-19H,2-9H2,1H3,(H2,23,26).